The molecule has 0 saturated heterocycles. The van der Waals surface area contributed by atoms with E-state index in [0.717, 1.165) is 0 Å². The Morgan fingerprint density at radius 3 is 2.42 bits per heavy atom. The molecule has 0 fully saturated rings. The Balaban J connectivity index is 3.39. The lowest BCUT2D eigenvalue weighted by Crippen LogP contribution is -1.95. The Kier molecular flexibility index (Phi) is 2.84. The van der Waals surface area contributed by atoms with Crippen LogP contribution in [0.25, 0.3) is 0 Å². The minimum atomic E-state index is -3.64. The van der Waals surface area contributed by atoms with E-state index in [9.17, 15) is 8.42 Å². The van der Waals surface area contributed by atoms with Gasteiger partial charge in [-0.05, 0) is 40.8 Å². The minimum absolute atomic E-state index is 0.0963. The SMILES string of the molecule is Nc1ccc(S(=O)(=O)Cl)c(I)c1. The zero-order valence-corrected chi connectivity index (χ0v) is 9.52. The van der Waals surface area contributed by atoms with Crippen molar-refractivity contribution in [2.45, 2.75) is 4.90 Å². The number of benzene rings is 1. The van der Waals surface area contributed by atoms with Gasteiger partial charge in [0.2, 0.25) is 0 Å². The Bertz CT molecular complexity index is 404. The predicted molar refractivity (Wildman–Crippen MR) is 56.6 cm³/mol. The number of nitrogen functional groups attached to an aromatic ring is 1. The number of hydrogen-bond acceptors (Lipinski definition) is 3. The average Bonchev–Trinajstić information content (AvgIpc) is 1.83. The lowest BCUT2D eigenvalue weighted by Gasteiger charge is -2.00. The molecule has 0 aliphatic carbocycles. The van der Waals surface area contributed by atoms with Crippen LogP contribution in [0.5, 0.6) is 0 Å². The van der Waals surface area contributed by atoms with Gasteiger partial charge in [-0.1, -0.05) is 0 Å². The van der Waals surface area contributed by atoms with Crippen LogP contribution in [0, 0.1) is 3.57 Å². The van der Waals surface area contributed by atoms with Crippen LogP contribution in [0.3, 0.4) is 0 Å². The fourth-order valence-electron chi connectivity index (χ4n) is 0.715. The van der Waals surface area contributed by atoms with Crippen LogP contribution in [0.15, 0.2) is 23.1 Å². The first-order valence-electron chi connectivity index (χ1n) is 2.91. The predicted octanol–water partition coefficient (Wildman–Crippen LogP) is 1.80. The topological polar surface area (TPSA) is 60.2 Å². The third kappa shape index (κ3) is 2.24. The molecule has 1 aromatic carbocycles. The van der Waals surface area contributed by atoms with E-state index in [1.165, 1.54) is 12.1 Å². The minimum Gasteiger partial charge on any atom is -0.399 e. The van der Waals surface area contributed by atoms with Gasteiger partial charge < -0.3 is 5.73 Å². The maximum atomic E-state index is 10.9. The molecule has 0 spiro atoms. The summed E-state index contributed by atoms with van der Waals surface area (Å²) in [6, 6.07) is 4.44. The summed E-state index contributed by atoms with van der Waals surface area (Å²) >= 11 is 1.87. The first kappa shape index (κ1) is 10.1. The molecule has 3 nitrogen and oxygen atoms in total. The van der Waals surface area contributed by atoms with Crippen LogP contribution < -0.4 is 5.73 Å². The van der Waals surface area contributed by atoms with Crippen LogP contribution in [-0.4, -0.2) is 8.42 Å². The van der Waals surface area contributed by atoms with Crippen LogP contribution in [0.4, 0.5) is 5.69 Å². The number of anilines is 1. The molecule has 0 amide bonds. The van der Waals surface area contributed by atoms with Crippen molar-refractivity contribution in [1.29, 1.82) is 0 Å². The second-order valence-corrected chi connectivity index (χ2v) is 5.82. The molecular formula is C6H5ClINO2S. The van der Waals surface area contributed by atoms with Gasteiger partial charge in [-0.3, -0.25) is 0 Å². The third-order valence-electron chi connectivity index (χ3n) is 1.22. The van der Waals surface area contributed by atoms with Crippen molar-refractivity contribution in [3.05, 3.63) is 21.8 Å². The molecule has 0 bridgehead atoms. The average molecular weight is 318 g/mol. The normalized spacial score (nSPS) is 11.5. The molecule has 0 unspecified atom stereocenters. The van der Waals surface area contributed by atoms with Gasteiger partial charge in [-0.15, -0.1) is 0 Å². The third-order valence-corrected chi connectivity index (χ3v) is 3.86. The van der Waals surface area contributed by atoms with Crippen molar-refractivity contribution in [3.8, 4) is 0 Å². The quantitative estimate of drug-likeness (QED) is 0.488. The highest BCUT2D eigenvalue weighted by Crippen LogP contribution is 2.23. The Labute approximate surface area is 88.5 Å². The summed E-state index contributed by atoms with van der Waals surface area (Å²) in [7, 11) is 1.50. The molecule has 1 rings (SSSR count). The Morgan fingerprint density at radius 2 is 2.00 bits per heavy atom. The largest absolute Gasteiger partial charge is 0.399 e. The van der Waals surface area contributed by atoms with E-state index >= 15 is 0 Å². The fraction of sp³-hybridized carbons (Fsp3) is 0. The summed E-state index contributed by atoms with van der Waals surface area (Å²) < 4.78 is 22.3. The van der Waals surface area contributed by atoms with Crippen molar-refractivity contribution < 1.29 is 8.42 Å². The zero-order chi connectivity index (χ0) is 9.35. The molecule has 0 saturated carbocycles. The van der Waals surface area contributed by atoms with E-state index in [2.05, 4.69) is 0 Å². The van der Waals surface area contributed by atoms with Gasteiger partial charge in [0.1, 0.15) is 0 Å². The number of nitrogens with two attached hydrogens (primary N) is 1. The summed E-state index contributed by atoms with van der Waals surface area (Å²) in [4.78, 5) is 0.0963. The zero-order valence-electron chi connectivity index (χ0n) is 5.79. The molecule has 12 heavy (non-hydrogen) atoms. The van der Waals surface area contributed by atoms with E-state index in [1.54, 1.807) is 6.07 Å². The second kappa shape index (κ2) is 3.39. The molecule has 6 heteroatoms. The molecule has 66 valence electrons. The lowest BCUT2D eigenvalue weighted by molar-refractivity contribution is 0.609. The highest BCUT2D eigenvalue weighted by Gasteiger charge is 2.13. The van der Waals surface area contributed by atoms with E-state index in [4.69, 9.17) is 16.4 Å². The number of rotatable bonds is 1. The van der Waals surface area contributed by atoms with Gasteiger partial charge in [0, 0.05) is 19.9 Å². The molecule has 0 radical (unpaired) electrons. The van der Waals surface area contributed by atoms with Crippen molar-refractivity contribution in [1.82, 2.24) is 0 Å². The maximum Gasteiger partial charge on any atom is 0.262 e. The van der Waals surface area contributed by atoms with Crippen LogP contribution in [-0.2, 0) is 9.05 Å². The van der Waals surface area contributed by atoms with E-state index < -0.39 is 9.05 Å². The monoisotopic (exact) mass is 317 g/mol. The van der Waals surface area contributed by atoms with Crippen molar-refractivity contribution in [3.63, 3.8) is 0 Å². The molecule has 2 N–H and O–H groups in total. The van der Waals surface area contributed by atoms with E-state index in [0.29, 0.717) is 9.26 Å². The van der Waals surface area contributed by atoms with Crippen molar-refractivity contribution in [2.24, 2.45) is 0 Å². The summed E-state index contributed by atoms with van der Waals surface area (Å²) in [5, 5.41) is 0. The highest BCUT2D eigenvalue weighted by molar-refractivity contribution is 14.1. The van der Waals surface area contributed by atoms with Crippen molar-refractivity contribution >= 4 is 48.0 Å². The summed E-state index contributed by atoms with van der Waals surface area (Å²) in [6.45, 7) is 0. The van der Waals surface area contributed by atoms with Crippen LogP contribution in [0.1, 0.15) is 0 Å². The molecular weight excluding hydrogens is 312 g/mol. The summed E-state index contributed by atoms with van der Waals surface area (Å²) in [6.07, 6.45) is 0. The number of hydrogen-bond donors (Lipinski definition) is 1. The Morgan fingerprint density at radius 1 is 1.42 bits per heavy atom. The maximum absolute atomic E-state index is 10.9. The first-order chi connectivity index (χ1) is 5.41. The molecule has 0 aliphatic rings. The fourth-order valence-corrected chi connectivity index (χ4v) is 3.44. The molecule has 0 atom stereocenters. The molecule has 0 aliphatic heterocycles. The van der Waals surface area contributed by atoms with Gasteiger partial charge in [0.05, 0.1) is 4.90 Å². The Hall–Kier alpha value is -0.0100. The van der Waals surface area contributed by atoms with Gasteiger partial charge >= 0.3 is 0 Å². The van der Waals surface area contributed by atoms with Crippen molar-refractivity contribution in [2.75, 3.05) is 5.73 Å². The van der Waals surface area contributed by atoms with Gasteiger partial charge in [-0.2, -0.15) is 0 Å². The second-order valence-electron chi connectivity index (χ2n) is 2.13. The summed E-state index contributed by atoms with van der Waals surface area (Å²) in [5.74, 6) is 0. The molecule has 0 aromatic heterocycles. The smallest absolute Gasteiger partial charge is 0.262 e. The standard InChI is InChI=1S/C6H5ClINO2S/c7-12(10,11)6-2-1-4(9)3-5(6)8/h1-3H,9H2. The van der Waals surface area contributed by atoms with E-state index in [1.807, 2.05) is 22.6 Å². The molecule has 1 aromatic rings. The molecule has 0 heterocycles. The number of halogens is 2. The van der Waals surface area contributed by atoms with Gasteiger partial charge in [0.15, 0.2) is 0 Å². The van der Waals surface area contributed by atoms with Crippen LogP contribution >= 0.6 is 33.3 Å². The van der Waals surface area contributed by atoms with Gasteiger partial charge in [0.25, 0.3) is 9.05 Å². The lowest BCUT2D eigenvalue weighted by atomic mass is 10.3. The van der Waals surface area contributed by atoms with E-state index in [-0.39, 0.29) is 4.90 Å². The van der Waals surface area contributed by atoms with Crippen LogP contribution in [0.2, 0.25) is 0 Å². The first-order valence-corrected chi connectivity index (χ1v) is 6.30. The van der Waals surface area contributed by atoms with Gasteiger partial charge in [-0.25, -0.2) is 8.42 Å². The highest BCUT2D eigenvalue weighted by atomic mass is 127. The summed E-state index contributed by atoms with van der Waals surface area (Å²) in [5.41, 5.74) is 5.95.